The molecule has 1 fully saturated rings. The van der Waals surface area contributed by atoms with Gasteiger partial charge in [0.15, 0.2) is 11.5 Å². The summed E-state index contributed by atoms with van der Waals surface area (Å²) in [6, 6.07) is 22.7. The molecule has 0 bridgehead atoms. The topological polar surface area (TPSA) is 114 Å². The molecule has 0 heterocycles. The summed E-state index contributed by atoms with van der Waals surface area (Å²) in [6.07, 6.45) is -0.349. The van der Waals surface area contributed by atoms with Crippen LogP contribution in [0.1, 0.15) is 31.7 Å². The molecule has 8 nitrogen and oxygen atoms in total. The van der Waals surface area contributed by atoms with Gasteiger partial charge in [0.1, 0.15) is 11.7 Å². The molecular formula is C30H32N2O6. The van der Waals surface area contributed by atoms with Gasteiger partial charge in [0.25, 0.3) is 0 Å². The van der Waals surface area contributed by atoms with Crippen LogP contribution in [-0.2, 0) is 14.4 Å². The second kappa shape index (κ2) is 11.5. The van der Waals surface area contributed by atoms with Crippen molar-refractivity contribution in [2.24, 2.45) is 11.8 Å². The fraction of sp³-hybridized carbons (Fsp3) is 0.300. The number of benzene rings is 3. The lowest BCUT2D eigenvalue weighted by atomic mass is 9.61. The molecule has 0 aromatic heterocycles. The highest BCUT2D eigenvalue weighted by Crippen LogP contribution is 2.48. The zero-order valence-corrected chi connectivity index (χ0v) is 21.6. The molecule has 1 aliphatic rings. The Labute approximate surface area is 222 Å². The fourth-order valence-corrected chi connectivity index (χ4v) is 5.14. The summed E-state index contributed by atoms with van der Waals surface area (Å²) >= 11 is 0. The first kappa shape index (κ1) is 26.9. The zero-order valence-electron chi connectivity index (χ0n) is 21.6. The number of anilines is 2. The summed E-state index contributed by atoms with van der Waals surface area (Å²) in [6.45, 7) is 3.65. The Morgan fingerprint density at radius 1 is 0.921 bits per heavy atom. The lowest BCUT2D eigenvalue weighted by molar-refractivity contribution is -0.150. The maximum atomic E-state index is 13.8. The maximum absolute atomic E-state index is 13.8. The first-order valence-corrected chi connectivity index (χ1v) is 12.5. The van der Waals surface area contributed by atoms with Gasteiger partial charge in [0.2, 0.25) is 11.8 Å². The largest absolute Gasteiger partial charge is 0.493 e. The molecule has 198 valence electrons. The van der Waals surface area contributed by atoms with Gasteiger partial charge in [-0.05, 0) is 55.8 Å². The molecule has 0 spiro atoms. The maximum Gasteiger partial charge on any atom is 0.235 e. The molecule has 3 N–H and O–H groups in total. The van der Waals surface area contributed by atoms with E-state index in [1.54, 1.807) is 66.7 Å². The van der Waals surface area contributed by atoms with Gasteiger partial charge in [0.05, 0.1) is 25.2 Å². The smallest absolute Gasteiger partial charge is 0.235 e. The molecule has 1 saturated carbocycles. The van der Waals surface area contributed by atoms with E-state index in [2.05, 4.69) is 10.6 Å². The molecule has 1 aliphatic carbocycles. The van der Waals surface area contributed by atoms with Gasteiger partial charge in [-0.2, -0.15) is 0 Å². The average molecular weight is 517 g/mol. The Hall–Kier alpha value is -4.17. The number of rotatable bonds is 8. The molecule has 0 saturated heterocycles. The second-order valence-corrected chi connectivity index (χ2v) is 9.54. The number of carbonyl (C=O) groups excluding carboxylic acids is 3. The molecule has 0 radical (unpaired) electrons. The van der Waals surface area contributed by atoms with Crippen LogP contribution in [0.3, 0.4) is 0 Å². The number of nitrogens with one attached hydrogen (secondary N) is 2. The van der Waals surface area contributed by atoms with E-state index in [1.807, 2.05) is 19.1 Å². The van der Waals surface area contributed by atoms with Crippen LogP contribution in [0.15, 0.2) is 78.9 Å². The summed E-state index contributed by atoms with van der Waals surface area (Å²) in [5.74, 6) is -3.96. The van der Waals surface area contributed by atoms with Crippen LogP contribution < -0.4 is 20.1 Å². The van der Waals surface area contributed by atoms with Gasteiger partial charge in [-0.15, -0.1) is 0 Å². The number of hydrogen-bond acceptors (Lipinski definition) is 6. The Morgan fingerprint density at radius 3 is 2.05 bits per heavy atom. The zero-order chi connectivity index (χ0) is 27.3. The van der Waals surface area contributed by atoms with E-state index < -0.39 is 41.0 Å². The normalized spacial score (nSPS) is 22.8. The summed E-state index contributed by atoms with van der Waals surface area (Å²) in [4.78, 5) is 40.9. The molecule has 4 rings (SSSR count). The van der Waals surface area contributed by atoms with Gasteiger partial charge in [-0.25, -0.2) is 0 Å². The van der Waals surface area contributed by atoms with Crippen LogP contribution >= 0.6 is 0 Å². The van der Waals surface area contributed by atoms with Gasteiger partial charge in [-0.3, -0.25) is 14.4 Å². The number of ether oxygens (including phenoxy) is 2. The van der Waals surface area contributed by atoms with E-state index in [1.165, 1.54) is 14.0 Å². The molecule has 4 unspecified atom stereocenters. The number of hydrogen-bond donors (Lipinski definition) is 3. The highest BCUT2D eigenvalue weighted by molar-refractivity contribution is 6.10. The highest BCUT2D eigenvalue weighted by Gasteiger charge is 2.56. The van der Waals surface area contributed by atoms with Crippen molar-refractivity contribution in [2.45, 2.75) is 31.8 Å². The molecule has 38 heavy (non-hydrogen) atoms. The van der Waals surface area contributed by atoms with E-state index in [-0.39, 0.29) is 6.42 Å². The van der Waals surface area contributed by atoms with Crippen molar-refractivity contribution < 1.29 is 29.0 Å². The minimum atomic E-state index is -1.71. The molecule has 2 amide bonds. The summed E-state index contributed by atoms with van der Waals surface area (Å²) in [5.41, 5.74) is -0.144. The van der Waals surface area contributed by atoms with Crippen LogP contribution in [0.25, 0.3) is 0 Å². The highest BCUT2D eigenvalue weighted by atomic mass is 16.5. The van der Waals surface area contributed by atoms with E-state index >= 15 is 0 Å². The van der Waals surface area contributed by atoms with Crippen molar-refractivity contribution in [1.82, 2.24) is 0 Å². The van der Waals surface area contributed by atoms with Crippen molar-refractivity contribution >= 4 is 29.0 Å². The Morgan fingerprint density at radius 2 is 1.50 bits per heavy atom. The third-order valence-corrected chi connectivity index (χ3v) is 6.79. The number of methoxy groups -OCH3 is 1. The van der Waals surface area contributed by atoms with Crippen LogP contribution in [0.4, 0.5) is 11.4 Å². The standard InChI is InChI=1S/C30H32N2O6/c1-4-38-24-17-19(15-16-23(24)37-3)25-26(28(34)31-20-11-7-5-8-12-20)22(33)18-30(2,36)27(25)29(35)32-21-13-9-6-10-14-21/h5-17,25-27,36H,4,18H2,1-3H3,(H,31,34)(H,32,35). The van der Waals surface area contributed by atoms with Crippen LogP contribution in [-0.4, -0.2) is 42.0 Å². The molecule has 4 atom stereocenters. The lowest BCUT2D eigenvalue weighted by Crippen LogP contribution is -2.56. The quantitative estimate of drug-likeness (QED) is 0.382. The predicted molar refractivity (Wildman–Crippen MR) is 144 cm³/mol. The predicted octanol–water partition coefficient (Wildman–Crippen LogP) is 4.41. The van der Waals surface area contributed by atoms with Crippen molar-refractivity contribution in [3.63, 3.8) is 0 Å². The minimum absolute atomic E-state index is 0.349. The van der Waals surface area contributed by atoms with E-state index in [0.717, 1.165) is 0 Å². The van der Waals surface area contributed by atoms with Crippen molar-refractivity contribution in [2.75, 3.05) is 24.4 Å². The number of ketones is 1. The molecule has 0 aliphatic heterocycles. The number of carbonyl (C=O) groups is 3. The van der Waals surface area contributed by atoms with Crippen molar-refractivity contribution in [3.05, 3.63) is 84.4 Å². The van der Waals surface area contributed by atoms with Gasteiger partial charge in [-0.1, -0.05) is 42.5 Å². The lowest BCUT2D eigenvalue weighted by Gasteiger charge is -2.44. The summed E-state index contributed by atoms with van der Waals surface area (Å²) in [7, 11) is 1.51. The Balaban J connectivity index is 1.82. The van der Waals surface area contributed by atoms with Gasteiger partial charge in [0, 0.05) is 23.7 Å². The molecular weight excluding hydrogens is 484 g/mol. The van der Waals surface area contributed by atoms with E-state index in [0.29, 0.717) is 35.0 Å². The van der Waals surface area contributed by atoms with Crippen molar-refractivity contribution in [3.8, 4) is 11.5 Å². The third kappa shape index (κ3) is 5.70. The van der Waals surface area contributed by atoms with Crippen LogP contribution in [0.5, 0.6) is 11.5 Å². The second-order valence-electron chi connectivity index (χ2n) is 9.54. The average Bonchev–Trinajstić information content (AvgIpc) is 2.89. The van der Waals surface area contributed by atoms with Gasteiger partial charge < -0.3 is 25.2 Å². The third-order valence-electron chi connectivity index (χ3n) is 6.79. The molecule has 3 aromatic rings. The summed E-state index contributed by atoms with van der Waals surface area (Å²) in [5, 5.41) is 17.1. The SMILES string of the molecule is CCOc1cc(C2C(C(=O)Nc3ccccc3)C(=O)CC(C)(O)C2C(=O)Nc2ccccc2)ccc1OC. The number of para-hydroxylation sites is 2. The minimum Gasteiger partial charge on any atom is -0.493 e. The van der Waals surface area contributed by atoms with Gasteiger partial charge >= 0.3 is 0 Å². The van der Waals surface area contributed by atoms with E-state index in [4.69, 9.17) is 9.47 Å². The van der Waals surface area contributed by atoms with E-state index in [9.17, 15) is 19.5 Å². The Kier molecular flexibility index (Phi) is 8.12. The molecule has 3 aromatic carbocycles. The van der Waals surface area contributed by atoms with Crippen molar-refractivity contribution in [1.29, 1.82) is 0 Å². The number of aliphatic hydroxyl groups is 1. The first-order chi connectivity index (χ1) is 18.2. The summed E-state index contributed by atoms with van der Waals surface area (Å²) < 4.78 is 11.2. The number of amides is 2. The monoisotopic (exact) mass is 516 g/mol. The van der Waals surface area contributed by atoms with Crippen LogP contribution in [0.2, 0.25) is 0 Å². The first-order valence-electron chi connectivity index (χ1n) is 12.5. The number of Topliss-reactive ketones (excluding diaryl/α,β-unsaturated/α-hetero) is 1. The molecule has 8 heteroatoms. The van der Waals surface area contributed by atoms with Crippen LogP contribution in [0, 0.1) is 11.8 Å². The fourth-order valence-electron chi connectivity index (χ4n) is 5.14. The Bertz CT molecular complexity index is 1290.